The van der Waals surface area contributed by atoms with Gasteiger partial charge in [-0.05, 0) is 18.2 Å². The average molecular weight is 301 g/mol. The Hall–Kier alpha value is -1.52. The molecular weight excluding hydrogens is 272 g/mol. The van der Waals surface area contributed by atoms with Crippen molar-refractivity contribution in [2.45, 2.75) is 25.4 Å². The standard InChI is InChI=1S/C18H29N4/c1-22(2,3)15-7-10-20(11-8-15)13-14-21-12-9-16-17(19)5-4-6-18(16)21/h4-6,9,12,15H,7-8,10-11,13-14,19H2,1-3H3/q+1. The maximum atomic E-state index is 6.04. The van der Waals surface area contributed by atoms with E-state index in [1.807, 2.05) is 12.1 Å². The summed E-state index contributed by atoms with van der Waals surface area (Å²) in [5, 5.41) is 1.17. The first kappa shape index (κ1) is 15.4. The molecule has 1 aromatic heterocycles. The number of hydrogen-bond donors (Lipinski definition) is 1. The third-order valence-electron chi connectivity index (χ3n) is 5.16. The van der Waals surface area contributed by atoms with Gasteiger partial charge in [-0.1, -0.05) is 6.07 Å². The third kappa shape index (κ3) is 3.13. The summed E-state index contributed by atoms with van der Waals surface area (Å²) < 4.78 is 3.42. The summed E-state index contributed by atoms with van der Waals surface area (Å²) in [6.45, 7) is 4.62. The van der Waals surface area contributed by atoms with Crippen LogP contribution in [0.2, 0.25) is 0 Å². The molecule has 0 radical (unpaired) electrons. The van der Waals surface area contributed by atoms with E-state index in [0.717, 1.165) is 29.3 Å². The first-order valence-corrected chi connectivity index (χ1v) is 8.32. The molecule has 1 aliphatic rings. The fourth-order valence-corrected chi connectivity index (χ4v) is 3.61. The Morgan fingerprint density at radius 3 is 2.50 bits per heavy atom. The zero-order chi connectivity index (χ0) is 15.7. The lowest BCUT2D eigenvalue weighted by atomic mass is 10.0. The van der Waals surface area contributed by atoms with Crippen LogP contribution in [0.4, 0.5) is 5.69 Å². The van der Waals surface area contributed by atoms with Crippen molar-refractivity contribution in [2.24, 2.45) is 0 Å². The van der Waals surface area contributed by atoms with Crippen molar-refractivity contribution in [3.63, 3.8) is 0 Å². The van der Waals surface area contributed by atoms with Crippen LogP contribution in [0.1, 0.15) is 12.8 Å². The van der Waals surface area contributed by atoms with Crippen LogP contribution in [0.5, 0.6) is 0 Å². The maximum absolute atomic E-state index is 6.04. The largest absolute Gasteiger partial charge is 0.398 e. The highest BCUT2D eigenvalue weighted by Gasteiger charge is 2.28. The van der Waals surface area contributed by atoms with Gasteiger partial charge in [0.15, 0.2) is 0 Å². The number of aromatic nitrogens is 1. The monoisotopic (exact) mass is 301 g/mol. The molecule has 1 saturated heterocycles. The topological polar surface area (TPSA) is 34.2 Å². The number of benzene rings is 1. The maximum Gasteiger partial charge on any atom is 0.0908 e. The van der Waals surface area contributed by atoms with Crippen molar-refractivity contribution in [3.05, 3.63) is 30.5 Å². The molecule has 1 aliphatic heterocycles. The number of anilines is 1. The highest BCUT2D eigenvalue weighted by Crippen LogP contribution is 2.22. The van der Waals surface area contributed by atoms with Crippen molar-refractivity contribution in [1.29, 1.82) is 0 Å². The SMILES string of the molecule is C[N+](C)(C)C1CCN(CCn2ccc3c(N)cccc32)CC1. The Kier molecular flexibility index (Phi) is 4.15. The fourth-order valence-electron chi connectivity index (χ4n) is 3.61. The Bertz CT molecular complexity index is 630. The quantitative estimate of drug-likeness (QED) is 0.695. The van der Waals surface area contributed by atoms with Crippen LogP contribution in [0.15, 0.2) is 30.5 Å². The first-order valence-electron chi connectivity index (χ1n) is 8.32. The van der Waals surface area contributed by atoms with Crippen molar-refractivity contribution in [2.75, 3.05) is 46.5 Å². The molecule has 1 fully saturated rings. The van der Waals surface area contributed by atoms with Gasteiger partial charge in [0.2, 0.25) is 0 Å². The molecule has 0 amide bonds. The van der Waals surface area contributed by atoms with E-state index >= 15 is 0 Å². The molecule has 0 saturated carbocycles. The Labute approximate surface area is 133 Å². The van der Waals surface area contributed by atoms with Crippen LogP contribution in [0, 0.1) is 0 Å². The second kappa shape index (κ2) is 5.94. The Morgan fingerprint density at radius 1 is 1.09 bits per heavy atom. The normalized spacial score (nSPS) is 18.1. The molecule has 2 aromatic rings. The second-order valence-electron chi connectivity index (χ2n) is 7.48. The second-order valence-corrected chi connectivity index (χ2v) is 7.48. The van der Waals surface area contributed by atoms with E-state index in [1.54, 1.807) is 0 Å². The molecular formula is C18H29N4+. The average Bonchev–Trinajstić information content (AvgIpc) is 2.89. The van der Waals surface area contributed by atoms with Gasteiger partial charge in [-0.15, -0.1) is 0 Å². The van der Waals surface area contributed by atoms with Gasteiger partial charge in [-0.2, -0.15) is 0 Å². The summed E-state index contributed by atoms with van der Waals surface area (Å²) in [5.41, 5.74) is 8.17. The van der Waals surface area contributed by atoms with Gasteiger partial charge in [-0.3, -0.25) is 0 Å². The minimum Gasteiger partial charge on any atom is -0.398 e. The molecule has 1 aromatic carbocycles. The molecule has 2 N–H and O–H groups in total. The van der Waals surface area contributed by atoms with Gasteiger partial charge in [-0.25, -0.2) is 0 Å². The third-order valence-corrected chi connectivity index (χ3v) is 5.16. The minimum absolute atomic E-state index is 0.809. The van der Waals surface area contributed by atoms with Crippen LogP contribution in [-0.2, 0) is 6.54 Å². The molecule has 4 nitrogen and oxygen atoms in total. The van der Waals surface area contributed by atoms with E-state index in [2.05, 4.69) is 48.9 Å². The van der Waals surface area contributed by atoms with Gasteiger partial charge in [0, 0.05) is 56.3 Å². The first-order chi connectivity index (χ1) is 10.4. The van der Waals surface area contributed by atoms with Crippen molar-refractivity contribution < 1.29 is 4.48 Å². The van der Waals surface area contributed by atoms with E-state index in [4.69, 9.17) is 5.73 Å². The van der Waals surface area contributed by atoms with Gasteiger partial charge in [0.1, 0.15) is 0 Å². The zero-order valence-corrected chi connectivity index (χ0v) is 14.1. The molecule has 4 heteroatoms. The molecule has 0 bridgehead atoms. The lowest BCUT2D eigenvalue weighted by Gasteiger charge is -2.40. The van der Waals surface area contributed by atoms with Crippen molar-refractivity contribution >= 4 is 16.6 Å². The Morgan fingerprint density at radius 2 is 1.82 bits per heavy atom. The Balaban J connectivity index is 1.58. The number of nitrogens with two attached hydrogens (primary N) is 1. The predicted octanol–water partition coefficient (Wildman–Crippen LogP) is 2.39. The lowest BCUT2D eigenvalue weighted by molar-refractivity contribution is -0.897. The molecule has 0 spiro atoms. The zero-order valence-electron chi connectivity index (χ0n) is 14.1. The molecule has 3 rings (SSSR count). The summed E-state index contributed by atoms with van der Waals surface area (Å²) in [4.78, 5) is 2.60. The van der Waals surface area contributed by atoms with E-state index < -0.39 is 0 Å². The van der Waals surface area contributed by atoms with Gasteiger partial charge < -0.3 is 19.7 Å². The molecule has 120 valence electrons. The number of hydrogen-bond acceptors (Lipinski definition) is 2. The number of likely N-dealkylation sites (tertiary alicyclic amines) is 1. The summed E-state index contributed by atoms with van der Waals surface area (Å²) in [6, 6.07) is 9.12. The predicted molar refractivity (Wildman–Crippen MR) is 93.8 cm³/mol. The number of nitrogen functional groups attached to an aromatic ring is 1. The summed E-state index contributed by atoms with van der Waals surface area (Å²) >= 11 is 0. The summed E-state index contributed by atoms with van der Waals surface area (Å²) in [6.07, 6.45) is 4.78. The molecule has 0 unspecified atom stereocenters. The number of rotatable bonds is 4. The number of quaternary nitrogens is 1. The minimum atomic E-state index is 0.809. The van der Waals surface area contributed by atoms with Crippen LogP contribution in [0.25, 0.3) is 10.9 Å². The summed E-state index contributed by atoms with van der Waals surface area (Å²) in [5.74, 6) is 0. The van der Waals surface area contributed by atoms with E-state index in [9.17, 15) is 0 Å². The van der Waals surface area contributed by atoms with Gasteiger partial charge in [0.05, 0.1) is 32.7 Å². The van der Waals surface area contributed by atoms with Crippen molar-refractivity contribution in [1.82, 2.24) is 9.47 Å². The number of piperidine rings is 1. The van der Waals surface area contributed by atoms with E-state index in [0.29, 0.717) is 0 Å². The fraction of sp³-hybridized carbons (Fsp3) is 0.556. The van der Waals surface area contributed by atoms with Crippen LogP contribution in [0.3, 0.4) is 0 Å². The van der Waals surface area contributed by atoms with Gasteiger partial charge in [0.25, 0.3) is 0 Å². The van der Waals surface area contributed by atoms with Crippen LogP contribution < -0.4 is 5.73 Å². The lowest BCUT2D eigenvalue weighted by Crippen LogP contribution is -2.51. The molecule has 22 heavy (non-hydrogen) atoms. The van der Waals surface area contributed by atoms with Crippen LogP contribution >= 0.6 is 0 Å². The molecule has 0 atom stereocenters. The van der Waals surface area contributed by atoms with Crippen molar-refractivity contribution in [3.8, 4) is 0 Å². The smallest absolute Gasteiger partial charge is 0.0908 e. The summed E-state index contributed by atoms with van der Waals surface area (Å²) in [7, 11) is 6.95. The number of fused-ring (bicyclic) bond motifs is 1. The molecule has 2 heterocycles. The van der Waals surface area contributed by atoms with Gasteiger partial charge >= 0.3 is 0 Å². The highest BCUT2D eigenvalue weighted by molar-refractivity contribution is 5.91. The van der Waals surface area contributed by atoms with Crippen LogP contribution in [-0.4, -0.2) is 60.8 Å². The van der Waals surface area contributed by atoms with E-state index in [1.165, 1.54) is 36.8 Å². The number of nitrogens with zero attached hydrogens (tertiary/aromatic N) is 3. The highest BCUT2D eigenvalue weighted by atomic mass is 15.3. The molecule has 0 aliphatic carbocycles. The van der Waals surface area contributed by atoms with E-state index in [-0.39, 0.29) is 0 Å².